The zero-order chi connectivity index (χ0) is 14.1. The molecule has 4 heteroatoms. The van der Waals surface area contributed by atoms with E-state index in [0.717, 1.165) is 17.7 Å². The van der Waals surface area contributed by atoms with Gasteiger partial charge in [0.15, 0.2) is 0 Å². The minimum Gasteiger partial charge on any atom is -0.377 e. The zero-order valence-corrected chi connectivity index (χ0v) is 12.0. The number of benzene rings is 1. The maximum absolute atomic E-state index is 11.7. The van der Waals surface area contributed by atoms with Crippen molar-refractivity contribution in [3.63, 3.8) is 0 Å². The van der Waals surface area contributed by atoms with Crippen LogP contribution in [-0.4, -0.2) is 26.1 Å². The van der Waals surface area contributed by atoms with Gasteiger partial charge < -0.3 is 15.4 Å². The number of carbonyl (C=O) groups is 1. The predicted molar refractivity (Wildman–Crippen MR) is 76.7 cm³/mol. The maximum Gasteiger partial charge on any atom is 0.224 e. The lowest BCUT2D eigenvalue weighted by molar-refractivity contribution is -0.124. The molecule has 0 aromatic heterocycles. The third-order valence-electron chi connectivity index (χ3n) is 2.92. The third-order valence-corrected chi connectivity index (χ3v) is 2.92. The Hall–Kier alpha value is -1.39. The van der Waals surface area contributed by atoms with Crippen LogP contribution in [0.3, 0.4) is 0 Å². The fraction of sp³-hybridized carbons (Fsp3) is 0.533. The smallest absolute Gasteiger partial charge is 0.224 e. The highest BCUT2D eigenvalue weighted by Gasteiger charge is 2.10. The van der Waals surface area contributed by atoms with Gasteiger partial charge in [-0.1, -0.05) is 31.2 Å². The molecule has 0 aliphatic carbocycles. The van der Waals surface area contributed by atoms with E-state index in [1.807, 2.05) is 45.2 Å². The second-order valence-corrected chi connectivity index (χ2v) is 4.63. The van der Waals surface area contributed by atoms with Crippen LogP contribution < -0.4 is 10.6 Å². The predicted octanol–water partition coefficient (Wildman–Crippen LogP) is 1.69. The summed E-state index contributed by atoms with van der Waals surface area (Å²) in [4.78, 5) is 11.7. The van der Waals surface area contributed by atoms with Crippen molar-refractivity contribution in [1.82, 2.24) is 10.6 Å². The highest BCUT2D eigenvalue weighted by Crippen LogP contribution is 2.06. The standard InChI is InChI=1S/C15H24N2O2/c1-4-19-11-14-7-5-13(6-8-14)10-17-15(18)12(2)9-16-3/h5-8,12,16H,4,9-11H2,1-3H3,(H,17,18). The first-order chi connectivity index (χ1) is 9.17. The summed E-state index contributed by atoms with van der Waals surface area (Å²) in [6, 6.07) is 8.12. The number of rotatable bonds is 8. The van der Waals surface area contributed by atoms with Crippen LogP contribution in [0.2, 0.25) is 0 Å². The molecule has 19 heavy (non-hydrogen) atoms. The van der Waals surface area contributed by atoms with E-state index in [0.29, 0.717) is 19.7 Å². The Kier molecular flexibility index (Phi) is 7.15. The molecule has 1 aromatic rings. The van der Waals surface area contributed by atoms with Crippen LogP contribution in [0.4, 0.5) is 0 Å². The van der Waals surface area contributed by atoms with Crippen molar-refractivity contribution in [2.45, 2.75) is 27.0 Å². The van der Waals surface area contributed by atoms with Crippen molar-refractivity contribution in [2.75, 3.05) is 20.2 Å². The summed E-state index contributed by atoms with van der Waals surface area (Å²) in [5.41, 5.74) is 2.26. The van der Waals surface area contributed by atoms with Crippen LogP contribution >= 0.6 is 0 Å². The van der Waals surface area contributed by atoms with Gasteiger partial charge >= 0.3 is 0 Å². The van der Waals surface area contributed by atoms with E-state index in [4.69, 9.17) is 4.74 Å². The van der Waals surface area contributed by atoms with Crippen LogP contribution in [0.25, 0.3) is 0 Å². The van der Waals surface area contributed by atoms with Gasteiger partial charge in [-0.05, 0) is 25.1 Å². The van der Waals surface area contributed by atoms with Crippen LogP contribution in [0, 0.1) is 5.92 Å². The SMILES string of the molecule is CCOCc1ccc(CNC(=O)C(C)CNC)cc1. The number of hydrogen-bond acceptors (Lipinski definition) is 3. The molecule has 0 radical (unpaired) electrons. The Morgan fingerprint density at radius 3 is 2.47 bits per heavy atom. The number of ether oxygens (including phenoxy) is 1. The Balaban J connectivity index is 2.39. The first kappa shape index (κ1) is 15.7. The zero-order valence-electron chi connectivity index (χ0n) is 12.0. The van der Waals surface area contributed by atoms with E-state index in [-0.39, 0.29) is 11.8 Å². The molecule has 0 saturated carbocycles. The number of amides is 1. The van der Waals surface area contributed by atoms with Crippen LogP contribution in [0.15, 0.2) is 24.3 Å². The highest BCUT2D eigenvalue weighted by molar-refractivity contribution is 5.78. The van der Waals surface area contributed by atoms with Gasteiger partial charge in [0, 0.05) is 25.6 Å². The van der Waals surface area contributed by atoms with Gasteiger partial charge in [0.1, 0.15) is 0 Å². The van der Waals surface area contributed by atoms with Gasteiger partial charge in [-0.2, -0.15) is 0 Å². The van der Waals surface area contributed by atoms with Gasteiger partial charge in [-0.25, -0.2) is 0 Å². The summed E-state index contributed by atoms with van der Waals surface area (Å²) >= 11 is 0. The van der Waals surface area contributed by atoms with Crippen LogP contribution in [0.5, 0.6) is 0 Å². The van der Waals surface area contributed by atoms with E-state index in [2.05, 4.69) is 10.6 Å². The first-order valence-electron chi connectivity index (χ1n) is 6.75. The Morgan fingerprint density at radius 1 is 1.26 bits per heavy atom. The normalized spacial score (nSPS) is 12.2. The fourth-order valence-corrected chi connectivity index (χ4v) is 1.74. The molecule has 1 atom stereocenters. The van der Waals surface area contributed by atoms with Crippen molar-refractivity contribution in [2.24, 2.45) is 5.92 Å². The molecule has 4 nitrogen and oxygen atoms in total. The third kappa shape index (κ3) is 5.85. The van der Waals surface area contributed by atoms with Crippen molar-refractivity contribution in [3.05, 3.63) is 35.4 Å². The average Bonchev–Trinajstić information content (AvgIpc) is 2.43. The Labute approximate surface area is 115 Å². The van der Waals surface area contributed by atoms with Crippen LogP contribution in [0.1, 0.15) is 25.0 Å². The monoisotopic (exact) mass is 264 g/mol. The molecule has 106 valence electrons. The van der Waals surface area contributed by atoms with E-state index in [9.17, 15) is 4.79 Å². The molecule has 1 unspecified atom stereocenters. The summed E-state index contributed by atoms with van der Waals surface area (Å²) < 4.78 is 5.34. The molecule has 1 aromatic carbocycles. The van der Waals surface area contributed by atoms with Gasteiger partial charge in [0.2, 0.25) is 5.91 Å². The molecular formula is C15H24N2O2. The minimum absolute atomic E-state index is 0.0118. The summed E-state index contributed by atoms with van der Waals surface area (Å²) in [6.07, 6.45) is 0. The van der Waals surface area contributed by atoms with Crippen molar-refractivity contribution in [1.29, 1.82) is 0 Å². The van der Waals surface area contributed by atoms with Gasteiger partial charge in [0.25, 0.3) is 0 Å². The lowest BCUT2D eigenvalue weighted by atomic mass is 10.1. The van der Waals surface area contributed by atoms with Crippen molar-refractivity contribution in [3.8, 4) is 0 Å². The molecule has 0 fully saturated rings. The summed E-state index contributed by atoms with van der Waals surface area (Å²) in [5, 5.41) is 5.93. The topological polar surface area (TPSA) is 50.4 Å². The lowest BCUT2D eigenvalue weighted by Gasteiger charge is -2.11. The quantitative estimate of drug-likeness (QED) is 0.751. The number of carbonyl (C=O) groups excluding carboxylic acids is 1. The molecule has 1 amide bonds. The lowest BCUT2D eigenvalue weighted by Crippen LogP contribution is -2.33. The van der Waals surface area contributed by atoms with E-state index < -0.39 is 0 Å². The van der Waals surface area contributed by atoms with Crippen molar-refractivity contribution < 1.29 is 9.53 Å². The first-order valence-corrected chi connectivity index (χ1v) is 6.75. The average molecular weight is 264 g/mol. The minimum atomic E-state index is -0.0118. The number of nitrogens with one attached hydrogen (secondary N) is 2. The molecule has 0 heterocycles. The van der Waals surface area contributed by atoms with Crippen molar-refractivity contribution >= 4 is 5.91 Å². The van der Waals surface area contributed by atoms with E-state index in [1.165, 1.54) is 0 Å². The second-order valence-electron chi connectivity index (χ2n) is 4.63. The molecule has 1 rings (SSSR count). The Morgan fingerprint density at radius 2 is 1.89 bits per heavy atom. The van der Waals surface area contributed by atoms with Gasteiger partial charge in [0.05, 0.1) is 6.61 Å². The highest BCUT2D eigenvalue weighted by atomic mass is 16.5. The second kappa shape index (κ2) is 8.67. The molecule has 0 spiro atoms. The Bertz CT molecular complexity index is 376. The van der Waals surface area contributed by atoms with Gasteiger partial charge in [-0.15, -0.1) is 0 Å². The number of hydrogen-bond donors (Lipinski definition) is 2. The molecular weight excluding hydrogens is 240 g/mol. The fourth-order valence-electron chi connectivity index (χ4n) is 1.74. The van der Waals surface area contributed by atoms with E-state index >= 15 is 0 Å². The van der Waals surface area contributed by atoms with Gasteiger partial charge in [-0.3, -0.25) is 4.79 Å². The molecule has 0 saturated heterocycles. The van der Waals surface area contributed by atoms with Crippen LogP contribution in [-0.2, 0) is 22.7 Å². The largest absolute Gasteiger partial charge is 0.377 e. The molecule has 2 N–H and O–H groups in total. The summed E-state index contributed by atoms with van der Waals surface area (Å²) in [6.45, 7) is 6.53. The summed E-state index contributed by atoms with van der Waals surface area (Å²) in [5.74, 6) is 0.0648. The molecule has 0 aliphatic rings. The molecule has 0 aliphatic heterocycles. The maximum atomic E-state index is 11.7. The summed E-state index contributed by atoms with van der Waals surface area (Å²) in [7, 11) is 1.85. The van der Waals surface area contributed by atoms with E-state index in [1.54, 1.807) is 0 Å². The molecule has 0 bridgehead atoms.